The Hall–Kier alpha value is -0.810. The molecule has 0 N–H and O–H groups in total. The summed E-state index contributed by atoms with van der Waals surface area (Å²) in [6, 6.07) is 5.66. The lowest BCUT2D eigenvalue weighted by Gasteiger charge is -2.11. The van der Waals surface area contributed by atoms with Crippen molar-refractivity contribution < 1.29 is 0 Å². The monoisotopic (exact) mass is 340 g/mol. The summed E-state index contributed by atoms with van der Waals surface area (Å²) in [6.45, 7) is 4.80. The van der Waals surface area contributed by atoms with E-state index >= 15 is 0 Å². The largest absolute Gasteiger partial charge is 0.287 e. The van der Waals surface area contributed by atoms with Gasteiger partial charge in [-0.3, -0.25) is 9.36 Å². The predicted molar refractivity (Wildman–Crippen MR) is 85.0 cm³/mol. The van der Waals surface area contributed by atoms with Crippen LogP contribution in [0.2, 0.25) is 0 Å². The van der Waals surface area contributed by atoms with Crippen molar-refractivity contribution >= 4 is 38.6 Å². The van der Waals surface area contributed by atoms with Gasteiger partial charge >= 0.3 is 0 Å². The molecule has 1 aromatic carbocycles. The molecular weight excluding hydrogens is 324 g/mol. The van der Waals surface area contributed by atoms with Crippen molar-refractivity contribution in [2.45, 2.75) is 38.4 Å². The maximum absolute atomic E-state index is 12.5. The SMILES string of the molecule is CCCCSc1nc2ccc(Br)cc2c(=O)n1CC. The Bertz CT molecular complexity index is 639. The molecule has 0 fully saturated rings. The summed E-state index contributed by atoms with van der Waals surface area (Å²) in [4.78, 5) is 17.1. The van der Waals surface area contributed by atoms with Gasteiger partial charge < -0.3 is 0 Å². The number of hydrogen-bond acceptors (Lipinski definition) is 3. The minimum absolute atomic E-state index is 0.0489. The first-order valence-corrected chi connectivity index (χ1v) is 8.28. The first kappa shape index (κ1) is 14.6. The van der Waals surface area contributed by atoms with Gasteiger partial charge in [-0.15, -0.1) is 0 Å². The van der Waals surface area contributed by atoms with Crippen LogP contribution in [0.4, 0.5) is 0 Å². The molecule has 0 aliphatic carbocycles. The van der Waals surface area contributed by atoms with E-state index in [-0.39, 0.29) is 5.56 Å². The number of fused-ring (bicyclic) bond motifs is 1. The molecule has 5 heteroatoms. The Morgan fingerprint density at radius 1 is 1.37 bits per heavy atom. The van der Waals surface area contributed by atoms with Gasteiger partial charge in [-0.2, -0.15) is 0 Å². The normalized spacial score (nSPS) is 11.1. The Labute approximate surface area is 125 Å². The Balaban J connectivity index is 2.52. The molecular formula is C14H17BrN2OS. The molecule has 1 aromatic heterocycles. The summed E-state index contributed by atoms with van der Waals surface area (Å²) in [7, 11) is 0. The highest BCUT2D eigenvalue weighted by atomic mass is 79.9. The molecule has 19 heavy (non-hydrogen) atoms. The standard InChI is InChI=1S/C14H17BrN2OS/c1-3-5-8-19-14-16-12-7-6-10(15)9-11(12)13(18)17(14)4-2/h6-7,9H,3-5,8H2,1-2H3. The minimum atomic E-state index is 0.0489. The minimum Gasteiger partial charge on any atom is -0.287 e. The first-order valence-electron chi connectivity index (χ1n) is 6.50. The lowest BCUT2D eigenvalue weighted by Crippen LogP contribution is -2.22. The smallest absolute Gasteiger partial charge is 0.262 e. The number of unbranched alkanes of at least 4 members (excludes halogenated alkanes) is 1. The van der Waals surface area contributed by atoms with Crippen LogP contribution >= 0.6 is 27.7 Å². The van der Waals surface area contributed by atoms with Crippen LogP contribution < -0.4 is 5.56 Å². The third kappa shape index (κ3) is 3.20. The van der Waals surface area contributed by atoms with Crippen LogP contribution in [-0.4, -0.2) is 15.3 Å². The maximum Gasteiger partial charge on any atom is 0.262 e. The number of halogens is 1. The Morgan fingerprint density at radius 3 is 2.84 bits per heavy atom. The summed E-state index contributed by atoms with van der Waals surface area (Å²) in [5, 5.41) is 1.51. The van der Waals surface area contributed by atoms with E-state index in [9.17, 15) is 4.79 Å². The summed E-state index contributed by atoms with van der Waals surface area (Å²) < 4.78 is 2.67. The quantitative estimate of drug-likeness (QED) is 0.467. The summed E-state index contributed by atoms with van der Waals surface area (Å²) in [5.74, 6) is 1.00. The third-order valence-corrected chi connectivity index (χ3v) is 4.48. The second-order valence-corrected chi connectivity index (χ2v) is 6.29. The molecule has 0 saturated carbocycles. The molecule has 0 unspecified atom stereocenters. The lowest BCUT2D eigenvalue weighted by atomic mass is 10.2. The molecule has 0 radical (unpaired) electrons. The van der Waals surface area contributed by atoms with Gasteiger partial charge in [-0.1, -0.05) is 41.0 Å². The zero-order valence-electron chi connectivity index (χ0n) is 11.1. The molecule has 0 bridgehead atoms. The zero-order chi connectivity index (χ0) is 13.8. The fraction of sp³-hybridized carbons (Fsp3) is 0.429. The van der Waals surface area contributed by atoms with E-state index < -0.39 is 0 Å². The van der Waals surface area contributed by atoms with E-state index in [1.807, 2.05) is 25.1 Å². The van der Waals surface area contributed by atoms with Crippen molar-refractivity contribution in [1.29, 1.82) is 0 Å². The maximum atomic E-state index is 12.5. The topological polar surface area (TPSA) is 34.9 Å². The van der Waals surface area contributed by atoms with Crippen molar-refractivity contribution in [2.24, 2.45) is 0 Å². The van der Waals surface area contributed by atoms with Crippen molar-refractivity contribution in [3.8, 4) is 0 Å². The highest BCUT2D eigenvalue weighted by Gasteiger charge is 2.10. The number of thioether (sulfide) groups is 1. The van der Waals surface area contributed by atoms with Crippen LogP contribution in [0.25, 0.3) is 10.9 Å². The third-order valence-electron chi connectivity index (χ3n) is 2.93. The predicted octanol–water partition coefficient (Wildman–Crippen LogP) is 4.07. The fourth-order valence-electron chi connectivity index (χ4n) is 1.87. The molecule has 0 aliphatic rings. The van der Waals surface area contributed by atoms with Gasteiger partial charge in [-0.05, 0) is 31.5 Å². The van der Waals surface area contributed by atoms with Gasteiger partial charge in [0.25, 0.3) is 5.56 Å². The van der Waals surface area contributed by atoms with Gasteiger partial charge in [-0.25, -0.2) is 4.98 Å². The highest BCUT2D eigenvalue weighted by Crippen LogP contribution is 2.21. The van der Waals surface area contributed by atoms with Crippen molar-refractivity contribution in [1.82, 2.24) is 9.55 Å². The number of aromatic nitrogens is 2. The molecule has 102 valence electrons. The van der Waals surface area contributed by atoms with E-state index in [1.165, 1.54) is 0 Å². The highest BCUT2D eigenvalue weighted by molar-refractivity contribution is 9.10. The number of hydrogen-bond donors (Lipinski definition) is 0. The molecule has 2 aromatic rings. The van der Waals surface area contributed by atoms with E-state index in [0.29, 0.717) is 11.9 Å². The van der Waals surface area contributed by atoms with Crippen molar-refractivity contribution in [3.63, 3.8) is 0 Å². The fourth-order valence-corrected chi connectivity index (χ4v) is 3.38. The molecule has 0 atom stereocenters. The Morgan fingerprint density at radius 2 is 2.16 bits per heavy atom. The molecule has 0 amide bonds. The number of benzene rings is 1. The molecule has 0 saturated heterocycles. The second-order valence-electron chi connectivity index (χ2n) is 4.31. The van der Waals surface area contributed by atoms with Gasteiger partial charge in [0.15, 0.2) is 5.16 Å². The van der Waals surface area contributed by atoms with E-state index in [4.69, 9.17) is 0 Å². The Kier molecular flexibility index (Phi) is 5.05. The van der Waals surface area contributed by atoms with Crippen LogP contribution in [-0.2, 0) is 6.54 Å². The molecule has 3 nitrogen and oxygen atoms in total. The van der Waals surface area contributed by atoms with Crippen LogP contribution in [0.1, 0.15) is 26.7 Å². The average molecular weight is 341 g/mol. The van der Waals surface area contributed by atoms with Crippen LogP contribution in [0.3, 0.4) is 0 Å². The number of rotatable bonds is 5. The van der Waals surface area contributed by atoms with Crippen molar-refractivity contribution in [3.05, 3.63) is 33.0 Å². The first-order chi connectivity index (χ1) is 9.17. The summed E-state index contributed by atoms with van der Waals surface area (Å²) in [6.07, 6.45) is 2.30. The van der Waals surface area contributed by atoms with Gasteiger partial charge in [0.05, 0.1) is 10.9 Å². The molecule has 2 rings (SSSR count). The molecule has 1 heterocycles. The summed E-state index contributed by atoms with van der Waals surface area (Å²) >= 11 is 5.07. The van der Waals surface area contributed by atoms with Crippen LogP contribution in [0, 0.1) is 0 Å². The van der Waals surface area contributed by atoms with Gasteiger partial charge in [0.1, 0.15) is 0 Å². The number of nitrogens with zero attached hydrogens (tertiary/aromatic N) is 2. The lowest BCUT2D eigenvalue weighted by molar-refractivity contribution is 0.634. The van der Waals surface area contributed by atoms with E-state index in [0.717, 1.165) is 33.7 Å². The molecule has 0 aliphatic heterocycles. The van der Waals surface area contributed by atoms with Crippen molar-refractivity contribution in [2.75, 3.05) is 5.75 Å². The molecule has 0 spiro atoms. The van der Waals surface area contributed by atoms with E-state index in [2.05, 4.69) is 27.8 Å². The summed E-state index contributed by atoms with van der Waals surface area (Å²) in [5.41, 5.74) is 0.824. The van der Waals surface area contributed by atoms with E-state index in [1.54, 1.807) is 16.3 Å². The van der Waals surface area contributed by atoms with Crippen LogP contribution in [0.5, 0.6) is 0 Å². The van der Waals surface area contributed by atoms with Gasteiger partial charge in [0, 0.05) is 16.8 Å². The average Bonchev–Trinajstić information content (AvgIpc) is 2.40. The second kappa shape index (κ2) is 6.57. The zero-order valence-corrected chi connectivity index (χ0v) is 13.6. The van der Waals surface area contributed by atoms with Crippen LogP contribution in [0.15, 0.2) is 32.6 Å². The van der Waals surface area contributed by atoms with Gasteiger partial charge in [0.2, 0.25) is 0 Å².